The fourth-order valence-electron chi connectivity index (χ4n) is 1.81. The molecular weight excluding hydrogens is 216 g/mol. The molecule has 0 saturated heterocycles. The van der Waals surface area contributed by atoms with E-state index in [0.717, 1.165) is 23.4 Å². The van der Waals surface area contributed by atoms with Crippen molar-refractivity contribution in [1.82, 2.24) is 10.4 Å². The van der Waals surface area contributed by atoms with Gasteiger partial charge in [0, 0.05) is 20.0 Å². The van der Waals surface area contributed by atoms with Gasteiger partial charge < -0.3 is 10.5 Å². The number of aryl methyl sites for hydroxylation is 1. The molecule has 0 aromatic heterocycles. The van der Waals surface area contributed by atoms with Crippen LogP contribution in [0, 0.1) is 0 Å². The van der Waals surface area contributed by atoms with Gasteiger partial charge in [0.25, 0.3) is 0 Å². The van der Waals surface area contributed by atoms with E-state index in [1.807, 2.05) is 36.3 Å². The van der Waals surface area contributed by atoms with E-state index < -0.39 is 5.97 Å². The topological polar surface area (TPSA) is 52.6 Å². The molecule has 0 unspecified atom stereocenters. The van der Waals surface area contributed by atoms with E-state index in [0.29, 0.717) is 6.42 Å². The average Bonchev–Trinajstić information content (AvgIpc) is 2.74. The quantitative estimate of drug-likeness (QED) is 0.826. The van der Waals surface area contributed by atoms with Gasteiger partial charge >= 0.3 is 5.97 Å². The summed E-state index contributed by atoms with van der Waals surface area (Å²) >= 11 is 0. The number of aliphatic carboxylic acids is 1. The van der Waals surface area contributed by atoms with E-state index in [4.69, 9.17) is 5.11 Å². The van der Waals surface area contributed by atoms with Gasteiger partial charge in [0.1, 0.15) is 0 Å². The number of carboxylic acids is 1. The highest BCUT2D eigenvalue weighted by molar-refractivity contribution is 5.67. The highest BCUT2D eigenvalue weighted by atomic mass is 16.4. The van der Waals surface area contributed by atoms with Crippen LogP contribution in [0.25, 0.3) is 5.70 Å². The van der Waals surface area contributed by atoms with Gasteiger partial charge in [0.15, 0.2) is 0 Å². The van der Waals surface area contributed by atoms with E-state index in [9.17, 15) is 4.79 Å². The van der Waals surface area contributed by atoms with Crippen LogP contribution >= 0.6 is 0 Å². The fourth-order valence-corrected chi connectivity index (χ4v) is 1.81. The van der Waals surface area contributed by atoms with Crippen LogP contribution in [0.3, 0.4) is 0 Å². The molecule has 1 aromatic rings. The molecule has 0 aliphatic carbocycles. The smallest absolute Gasteiger partial charge is 0.303 e. The number of rotatable bonds is 4. The second-order valence-corrected chi connectivity index (χ2v) is 4.20. The van der Waals surface area contributed by atoms with Crippen LogP contribution in [0.2, 0.25) is 0 Å². The maximum Gasteiger partial charge on any atom is 0.303 e. The number of hydrogen-bond acceptors (Lipinski definition) is 3. The fraction of sp³-hybridized carbons (Fsp3) is 0.308. The molecule has 2 N–H and O–H groups in total. The Labute approximate surface area is 101 Å². The summed E-state index contributed by atoms with van der Waals surface area (Å²) in [5.41, 5.74) is 6.54. The lowest BCUT2D eigenvalue weighted by atomic mass is 10.1. The molecule has 4 heteroatoms. The maximum absolute atomic E-state index is 10.5. The van der Waals surface area contributed by atoms with Gasteiger partial charge in [0.05, 0.1) is 5.70 Å². The summed E-state index contributed by atoms with van der Waals surface area (Å²) in [5.74, 6) is -0.754. The lowest BCUT2D eigenvalue weighted by Gasteiger charge is -2.11. The Balaban J connectivity index is 2.00. The van der Waals surface area contributed by atoms with Crippen molar-refractivity contribution in [1.29, 1.82) is 0 Å². The molecule has 90 valence electrons. The Kier molecular flexibility index (Phi) is 3.44. The number of hydrogen-bond donors (Lipinski definition) is 2. The lowest BCUT2D eigenvalue weighted by Crippen LogP contribution is -2.26. The average molecular weight is 232 g/mol. The summed E-state index contributed by atoms with van der Waals surface area (Å²) in [6.07, 6.45) is 2.90. The van der Waals surface area contributed by atoms with Gasteiger partial charge in [0.2, 0.25) is 0 Å². The predicted molar refractivity (Wildman–Crippen MR) is 66.1 cm³/mol. The van der Waals surface area contributed by atoms with Crippen molar-refractivity contribution in [2.75, 3.05) is 13.6 Å². The summed E-state index contributed by atoms with van der Waals surface area (Å²) in [6.45, 7) is 0.899. The van der Waals surface area contributed by atoms with Crippen LogP contribution in [0.4, 0.5) is 0 Å². The second kappa shape index (κ2) is 5.01. The molecule has 0 saturated carbocycles. The Morgan fingerprint density at radius 1 is 1.41 bits per heavy atom. The molecule has 0 atom stereocenters. The number of likely N-dealkylation sites (N-methyl/N-ethyl adjacent to an activating group) is 1. The number of hydrazine groups is 1. The summed E-state index contributed by atoms with van der Waals surface area (Å²) in [7, 11) is 1.99. The molecular formula is C13H16N2O2. The SMILES string of the molecule is CN1CC=C(c2ccc(CCC(=O)O)cc2)N1. The molecule has 1 aliphatic heterocycles. The van der Waals surface area contributed by atoms with E-state index in [1.54, 1.807) is 0 Å². The zero-order valence-corrected chi connectivity index (χ0v) is 9.81. The first-order valence-corrected chi connectivity index (χ1v) is 5.64. The number of carbonyl (C=O) groups is 1. The standard InChI is InChI=1S/C13H16N2O2/c1-15-9-8-12(14-15)11-5-2-10(3-6-11)4-7-13(16)17/h2-3,5-6,8,14H,4,7,9H2,1H3,(H,16,17). The maximum atomic E-state index is 10.5. The van der Waals surface area contributed by atoms with E-state index in [1.165, 1.54) is 0 Å². The van der Waals surface area contributed by atoms with Gasteiger partial charge in [-0.25, -0.2) is 5.01 Å². The zero-order chi connectivity index (χ0) is 12.3. The normalized spacial score (nSPS) is 15.5. The molecule has 0 fully saturated rings. The molecule has 0 bridgehead atoms. The summed E-state index contributed by atoms with van der Waals surface area (Å²) < 4.78 is 0. The Bertz CT molecular complexity index is 437. The van der Waals surface area contributed by atoms with Crippen molar-refractivity contribution in [2.24, 2.45) is 0 Å². The highest BCUT2D eigenvalue weighted by Gasteiger charge is 2.10. The monoisotopic (exact) mass is 232 g/mol. The van der Waals surface area contributed by atoms with E-state index >= 15 is 0 Å². The minimum absolute atomic E-state index is 0.184. The van der Waals surface area contributed by atoms with Crippen LogP contribution in [-0.4, -0.2) is 29.7 Å². The Morgan fingerprint density at radius 3 is 2.65 bits per heavy atom. The first-order valence-electron chi connectivity index (χ1n) is 5.64. The van der Waals surface area contributed by atoms with Crippen molar-refractivity contribution in [3.63, 3.8) is 0 Å². The molecule has 2 rings (SSSR count). The van der Waals surface area contributed by atoms with Crippen LogP contribution in [0.15, 0.2) is 30.3 Å². The molecule has 4 nitrogen and oxygen atoms in total. The third-order valence-electron chi connectivity index (χ3n) is 2.77. The Hall–Kier alpha value is -1.81. The van der Waals surface area contributed by atoms with Crippen molar-refractivity contribution < 1.29 is 9.90 Å². The summed E-state index contributed by atoms with van der Waals surface area (Å²) in [4.78, 5) is 10.5. The minimum Gasteiger partial charge on any atom is -0.481 e. The van der Waals surface area contributed by atoms with Crippen LogP contribution in [-0.2, 0) is 11.2 Å². The predicted octanol–water partition coefficient (Wildman–Crippen LogP) is 1.49. The number of nitrogens with one attached hydrogen (secondary N) is 1. The zero-order valence-electron chi connectivity index (χ0n) is 9.81. The van der Waals surface area contributed by atoms with Crippen LogP contribution in [0.1, 0.15) is 17.5 Å². The first kappa shape index (κ1) is 11.7. The molecule has 0 amide bonds. The van der Waals surface area contributed by atoms with E-state index in [2.05, 4.69) is 11.5 Å². The molecule has 0 radical (unpaired) electrons. The third-order valence-corrected chi connectivity index (χ3v) is 2.77. The van der Waals surface area contributed by atoms with Crippen molar-refractivity contribution in [2.45, 2.75) is 12.8 Å². The van der Waals surface area contributed by atoms with Crippen molar-refractivity contribution >= 4 is 11.7 Å². The summed E-state index contributed by atoms with van der Waals surface area (Å²) in [6, 6.07) is 8.02. The molecule has 17 heavy (non-hydrogen) atoms. The molecule has 1 aliphatic rings. The van der Waals surface area contributed by atoms with Gasteiger partial charge in [-0.3, -0.25) is 4.79 Å². The number of nitrogens with zero attached hydrogens (tertiary/aromatic N) is 1. The minimum atomic E-state index is -0.754. The highest BCUT2D eigenvalue weighted by Crippen LogP contribution is 2.16. The molecule has 0 spiro atoms. The van der Waals surface area contributed by atoms with E-state index in [-0.39, 0.29) is 6.42 Å². The Morgan fingerprint density at radius 2 is 2.12 bits per heavy atom. The van der Waals surface area contributed by atoms with Gasteiger partial charge in [-0.1, -0.05) is 24.3 Å². The summed E-state index contributed by atoms with van der Waals surface area (Å²) in [5, 5.41) is 10.6. The number of carboxylic acid groups (broad SMARTS) is 1. The third kappa shape index (κ3) is 3.07. The molecule has 1 heterocycles. The first-order chi connectivity index (χ1) is 8.15. The van der Waals surface area contributed by atoms with Crippen LogP contribution < -0.4 is 5.43 Å². The van der Waals surface area contributed by atoms with Crippen molar-refractivity contribution in [3.8, 4) is 0 Å². The van der Waals surface area contributed by atoms with Crippen LogP contribution in [0.5, 0.6) is 0 Å². The van der Waals surface area contributed by atoms with Gasteiger partial charge in [-0.15, -0.1) is 0 Å². The van der Waals surface area contributed by atoms with Crippen molar-refractivity contribution in [3.05, 3.63) is 41.5 Å². The second-order valence-electron chi connectivity index (χ2n) is 4.20. The lowest BCUT2D eigenvalue weighted by molar-refractivity contribution is -0.136. The molecule has 1 aromatic carbocycles. The number of benzene rings is 1. The van der Waals surface area contributed by atoms with Gasteiger partial charge in [-0.2, -0.15) is 0 Å². The largest absolute Gasteiger partial charge is 0.481 e. The van der Waals surface area contributed by atoms with Gasteiger partial charge in [-0.05, 0) is 23.6 Å².